The van der Waals surface area contributed by atoms with Crippen molar-refractivity contribution in [3.8, 4) is 11.5 Å². The van der Waals surface area contributed by atoms with Gasteiger partial charge in [0, 0.05) is 11.3 Å². The molecule has 2 aromatic carbocycles. The fourth-order valence-corrected chi connectivity index (χ4v) is 2.80. The van der Waals surface area contributed by atoms with E-state index < -0.39 is 5.91 Å². The van der Waals surface area contributed by atoms with Gasteiger partial charge in [0.05, 0.1) is 7.11 Å². The zero-order valence-electron chi connectivity index (χ0n) is 17.0. The van der Waals surface area contributed by atoms with Crippen molar-refractivity contribution in [1.82, 2.24) is 0 Å². The highest BCUT2D eigenvalue weighted by molar-refractivity contribution is 6.05. The van der Waals surface area contributed by atoms with E-state index in [-0.39, 0.29) is 18.4 Å². The number of rotatable bonds is 8. The van der Waals surface area contributed by atoms with Crippen LogP contribution in [0.15, 0.2) is 36.4 Å². The average Bonchev–Trinajstić information content (AvgIpc) is 2.65. The summed E-state index contributed by atoms with van der Waals surface area (Å²) in [5.41, 5.74) is 8.63. The second-order valence-corrected chi connectivity index (χ2v) is 7.23. The Morgan fingerprint density at radius 3 is 2.29 bits per heavy atom. The largest absolute Gasteiger partial charge is 0.493 e. The van der Waals surface area contributed by atoms with E-state index in [0.29, 0.717) is 23.0 Å². The van der Waals surface area contributed by atoms with E-state index in [4.69, 9.17) is 15.2 Å². The molecule has 150 valence electrons. The van der Waals surface area contributed by atoms with Crippen molar-refractivity contribution in [3.05, 3.63) is 53.1 Å². The molecule has 0 atom stereocenters. The third kappa shape index (κ3) is 5.25. The van der Waals surface area contributed by atoms with Gasteiger partial charge in [0.1, 0.15) is 0 Å². The molecule has 0 aliphatic carbocycles. The molecule has 6 heteroatoms. The Morgan fingerprint density at radius 1 is 1.00 bits per heavy atom. The van der Waals surface area contributed by atoms with Crippen molar-refractivity contribution < 1.29 is 19.1 Å². The lowest BCUT2D eigenvalue weighted by molar-refractivity contribution is -0.119. The van der Waals surface area contributed by atoms with Crippen LogP contribution in [0, 0.1) is 0 Å². The van der Waals surface area contributed by atoms with Crippen LogP contribution < -0.4 is 20.5 Å². The molecule has 2 aromatic rings. The fourth-order valence-electron chi connectivity index (χ4n) is 2.80. The lowest BCUT2D eigenvalue weighted by atomic mass is 9.94. The van der Waals surface area contributed by atoms with Gasteiger partial charge in [-0.25, -0.2) is 0 Å². The molecule has 3 N–H and O–H groups in total. The summed E-state index contributed by atoms with van der Waals surface area (Å²) >= 11 is 0. The van der Waals surface area contributed by atoms with E-state index in [1.54, 1.807) is 18.2 Å². The molecule has 2 rings (SSSR count). The van der Waals surface area contributed by atoms with E-state index in [0.717, 1.165) is 11.3 Å². The molecule has 2 amide bonds. The van der Waals surface area contributed by atoms with Crippen molar-refractivity contribution in [3.63, 3.8) is 0 Å². The molecule has 0 aliphatic rings. The highest BCUT2D eigenvalue weighted by atomic mass is 16.5. The number of benzene rings is 2. The van der Waals surface area contributed by atoms with Crippen LogP contribution >= 0.6 is 0 Å². The number of anilines is 1. The van der Waals surface area contributed by atoms with E-state index in [9.17, 15) is 9.59 Å². The number of carbonyl (C=O) groups excluding carboxylic acids is 2. The van der Waals surface area contributed by atoms with Gasteiger partial charge in [0.15, 0.2) is 18.1 Å². The number of amides is 2. The number of nitrogens with two attached hydrogens (primary N) is 1. The van der Waals surface area contributed by atoms with Gasteiger partial charge in [0.25, 0.3) is 11.8 Å². The number of carbonyl (C=O) groups is 2. The van der Waals surface area contributed by atoms with Crippen LogP contribution in [0.1, 0.15) is 61.0 Å². The first-order chi connectivity index (χ1) is 13.2. The Kier molecular flexibility index (Phi) is 7.04. The molecule has 0 saturated carbocycles. The smallest absolute Gasteiger partial charge is 0.255 e. The minimum absolute atomic E-state index is 0.251. The van der Waals surface area contributed by atoms with Crippen molar-refractivity contribution >= 4 is 17.5 Å². The molecule has 0 heterocycles. The van der Waals surface area contributed by atoms with Crippen molar-refractivity contribution in [2.75, 3.05) is 19.0 Å². The van der Waals surface area contributed by atoms with Crippen LogP contribution in [0.5, 0.6) is 11.5 Å². The molecule has 0 fully saturated rings. The minimum atomic E-state index is -0.588. The molecule has 0 radical (unpaired) electrons. The van der Waals surface area contributed by atoms with Crippen molar-refractivity contribution in [1.29, 1.82) is 0 Å². The summed E-state index contributed by atoms with van der Waals surface area (Å²) < 4.78 is 10.6. The Labute approximate surface area is 166 Å². The third-order valence-corrected chi connectivity index (χ3v) is 4.41. The van der Waals surface area contributed by atoms with E-state index in [1.807, 2.05) is 12.1 Å². The number of hydrogen-bond acceptors (Lipinski definition) is 4. The van der Waals surface area contributed by atoms with Gasteiger partial charge >= 0.3 is 0 Å². The molecular formula is C22H28N2O4. The number of primary amides is 1. The van der Waals surface area contributed by atoms with Crippen molar-refractivity contribution in [2.45, 2.75) is 39.5 Å². The maximum Gasteiger partial charge on any atom is 0.255 e. The topological polar surface area (TPSA) is 90.7 Å². The van der Waals surface area contributed by atoms with Gasteiger partial charge in [-0.1, -0.05) is 39.8 Å². The second-order valence-electron chi connectivity index (χ2n) is 7.23. The Morgan fingerprint density at radius 2 is 1.71 bits per heavy atom. The zero-order valence-corrected chi connectivity index (χ0v) is 17.0. The van der Waals surface area contributed by atoms with Crippen LogP contribution in [0.2, 0.25) is 0 Å². The Hall–Kier alpha value is -3.02. The van der Waals surface area contributed by atoms with Crippen LogP contribution in [-0.2, 0) is 4.79 Å². The van der Waals surface area contributed by atoms with Gasteiger partial charge in [-0.2, -0.15) is 0 Å². The normalized spacial score (nSPS) is 10.8. The number of nitrogens with one attached hydrogen (secondary N) is 1. The summed E-state index contributed by atoms with van der Waals surface area (Å²) in [6, 6.07) is 10.9. The first kappa shape index (κ1) is 21.3. The van der Waals surface area contributed by atoms with Gasteiger partial charge in [-0.05, 0) is 47.2 Å². The summed E-state index contributed by atoms with van der Waals surface area (Å²) in [5.74, 6) is 0.552. The van der Waals surface area contributed by atoms with Crippen molar-refractivity contribution in [2.24, 2.45) is 5.73 Å². The Bertz CT molecular complexity index is 860. The van der Waals surface area contributed by atoms with E-state index in [1.165, 1.54) is 12.7 Å². The van der Waals surface area contributed by atoms with E-state index >= 15 is 0 Å². The SMILES string of the molecule is COc1cc(C(=O)Nc2ccc(C(C)C)cc2C(C)C)ccc1OCC(N)=O. The molecule has 0 bridgehead atoms. The van der Waals surface area contributed by atoms with Crippen LogP contribution in [0.25, 0.3) is 0 Å². The average molecular weight is 384 g/mol. The maximum atomic E-state index is 12.8. The maximum absolute atomic E-state index is 12.8. The van der Waals surface area contributed by atoms with Crippen LogP contribution in [-0.4, -0.2) is 25.5 Å². The fraction of sp³-hybridized carbons (Fsp3) is 0.364. The third-order valence-electron chi connectivity index (χ3n) is 4.41. The predicted octanol–water partition coefficient (Wildman–Crippen LogP) is 4.06. The van der Waals surface area contributed by atoms with E-state index in [2.05, 4.69) is 39.1 Å². The van der Waals surface area contributed by atoms with Gasteiger partial charge < -0.3 is 20.5 Å². The van der Waals surface area contributed by atoms with Crippen LogP contribution in [0.4, 0.5) is 5.69 Å². The minimum Gasteiger partial charge on any atom is -0.493 e. The van der Waals surface area contributed by atoms with Gasteiger partial charge in [-0.3, -0.25) is 9.59 Å². The summed E-state index contributed by atoms with van der Waals surface area (Å²) in [7, 11) is 1.47. The number of ether oxygens (including phenoxy) is 2. The molecule has 0 spiro atoms. The first-order valence-electron chi connectivity index (χ1n) is 9.27. The van der Waals surface area contributed by atoms with Gasteiger partial charge in [-0.15, -0.1) is 0 Å². The lowest BCUT2D eigenvalue weighted by Crippen LogP contribution is -2.20. The standard InChI is InChI=1S/C22H28N2O4/c1-13(2)15-6-8-18(17(10-15)14(3)4)24-22(26)16-7-9-19(20(11-16)27-5)28-12-21(23)25/h6-11,13-14H,12H2,1-5H3,(H2,23,25)(H,24,26). The zero-order chi connectivity index (χ0) is 20.8. The summed E-state index contributed by atoms with van der Waals surface area (Å²) in [4.78, 5) is 23.7. The molecular weight excluding hydrogens is 356 g/mol. The first-order valence-corrected chi connectivity index (χ1v) is 9.27. The summed E-state index contributed by atoms with van der Waals surface area (Å²) in [5, 5.41) is 2.99. The quantitative estimate of drug-likeness (QED) is 0.718. The van der Waals surface area contributed by atoms with Gasteiger partial charge in [0.2, 0.25) is 0 Å². The number of hydrogen-bond donors (Lipinski definition) is 2. The predicted molar refractivity (Wildman–Crippen MR) is 110 cm³/mol. The number of methoxy groups -OCH3 is 1. The monoisotopic (exact) mass is 384 g/mol. The molecule has 0 aliphatic heterocycles. The molecule has 0 unspecified atom stereocenters. The lowest BCUT2D eigenvalue weighted by Gasteiger charge is -2.17. The molecule has 6 nitrogen and oxygen atoms in total. The molecule has 28 heavy (non-hydrogen) atoms. The highest BCUT2D eigenvalue weighted by Crippen LogP contribution is 2.31. The molecule has 0 saturated heterocycles. The summed E-state index contributed by atoms with van der Waals surface area (Å²) in [6.07, 6.45) is 0. The highest BCUT2D eigenvalue weighted by Gasteiger charge is 2.15. The summed E-state index contributed by atoms with van der Waals surface area (Å²) in [6.45, 7) is 8.23. The molecule has 0 aromatic heterocycles. The second kappa shape index (κ2) is 9.26. The van der Waals surface area contributed by atoms with Crippen LogP contribution in [0.3, 0.4) is 0 Å². The Balaban J connectivity index is 2.26.